The summed E-state index contributed by atoms with van der Waals surface area (Å²) in [6.07, 6.45) is 0. The normalized spacial score (nSPS) is 10.4. The summed E-state index contributed by atoms with van der Waals surface area (Å²) < 4.78 is 0. The molecule has 20 heavy (non-hydrogen) atoms. The highest BCUT2D eigenvalue weighted by Gasteiger charge is 2.14. The van der Waals surface area contributed by atoms with Gasteiger partial charge in [-0.3, -0.25) is 4.79 Å². The smallest absolute Gasteiger partial charge is 0.272 e. The van der Waals surface area contributed by atoms with Crippen LogP contribution >= 0.6 is 11.6 Å². The highest BCUT2D eigenvalue weighted by atomic mass is 35.5. The first-order chi connectivity index (χ1) is 9.47. The minimum absolute atomic E-state index is 0.132. The maximum Gasteiger partial charge on any atom is 0.272 e. The number of benzene rings is 1. The zero-order valence-corrected chi connectivity index (χ0v) is 12.6. The van der Waals surface area contributed by atoms with Gasteiger partial charge < -0.3 is 4.90 Å². The molecule has 1 amide bonds. The standard InChI is InChI=1S/C16H17ClN2O/c1-11-7-8-13(12(2)9-11)10-19(3)16(20)14-5-4-6-15(17)18-14/h4-9H,10H2,1-3H3. The second-order valence-electron chi connectivity index (χ2n) is 4.94. The third-order valence-electron chi connectivity index (χ3n) is 3.19. The van der Waals surface area contributed by atoms with Gasteiger partial charge in [-0.2, -0.15) is 0 Å². The summed E-state index contributed by atoms with van der Waals surface area (Å²) in [6.45, 7) is 4.67. The van der Waals surface area contributed by atoms with Gasteiger partial charge in [0.1, 0.15) is 10.8 Å². The van der Waals surface area contributed by atoms with Gasteiger partial charge in [0.25, 0.3) is 5.91 Å². The number of halogens is 1. The molecule has 2 aromatic rings. The first-order valence-corrected chi connectivity index (χ1v) is 6.79. The van der Waals surface area contributed by atoms with Crippen molar-refractivity contribution in [3.8, 4) is 0 Å². The van der Waals surface area contributed by atoms with Crippen LogP contribution in [0.1, 0.15) is 27.2 Å². The topological polar surface area (TPSA) is 33.2 Å². The van der Waals surface area contributed by atoms with Crippen LogP contribution in [0.4, 0.5) is 0 Å². The van der Waals surface area contributed by atoms with Gasteiger partial charge in [-0.25, -0.2) is 4.98 Å². The van der Waals surface area contributed by atoms with Crippen LogP contribution in [-0.2, 0) is 6.54 Å². The first kappa shape index (κ1) is 14.5. The number of aromatic nitrogens is 1. The molecule has 0 aliphatic carbocycles. The molecule has 4 heteroatoms. The van der Waals surface area contributed by atoms with Gasteiger partial charge in [0.2, 0.25) is 0 Å². The molecule has 0 bridgehead atoms. The number of pyridine rings is 1. The Labute approximate surface area is 124 Å². The van der Waals surface area contributed by atoms with Crippen LogP contribution in [0.3, 0.4) is 0 Å². The van der Waals surface area contributed by atoms with E-state index in [1.807, 2.05) is 0 Å². The predicted molar refractivity (Wildman–Crippen MR) is 81.0 cm³/mol. The molecule has 0 spiro atoms. The highest BCUT2D eigenvalue weighted by Crippen LogP contribution is 2.14. The van der Waals surface area contributed by atoms with Gasteiger partial charge >= 0.3 is 0 Å². The zero-order chi connectivity index (χ0) is 14.7. The average molecular weight is 289 g/mol. The van der Waals surface area contributed by atoms with Crippen LogP contribution in [0.5, 0.6) is 0 Å². The Bertz CT molecular complexity index is 640. The zero-order valence-electron chi connectivity index (χ0n) is 11.9. The van der Waals surface area contributed by atoms with Crippen LogP contribution in [-0.4, -0.2) is 22.8 Å². The van der Waals surface area contributed by atoms with Crippen LogP contribution in [0.15, 0.2) is 36.4 Å². The second-order valence-corrected chi connectivity index (χ2v) is 5.32. The second kappa shape index (κ2) is 6.06. The number of carbonyl (C=O) groups excluding carboxylic acids is 1. The molecule has 1 aromatic heterocycles. The molecule has 3 nitrogen and oxygen atoms in total. The molecule has 0 aliphatic heterocycles. The quantitative estimate of drug-likeness (QED) is 0.808. The molecule has 2 rings (SSSR count). The summed E-state index contributed by atoms with van der Waals surface area (Å²) in [5.41, 5.74) is 3.90. The number of carbonyl (C=O) groups is 1. The van der Waals surface area contributed by atoms with Crippen molar-refractivity contribution in [2.75, 3.05) is 7.05 Å². The van der Waals surface area contributed by atoms with E-state index in [4.69, 9.17) is 11.6 Å². The summed E-state index contributed by atoms with van der Waals surface area (Å²) in [4.78, 5) is 18.0. The Hall–Kier alpha value is -1.87. The predicted octanol–water partition coefficient (Wildman–Crippen LogP) is 3.62. The molecule has 0 saturated carbocycles. The summed E-state index contributed by atoms with van der Waals surface area (Å²) in [6, 6.07) is 11.3. The molecule has 0 fully saturated rings. The number of nitrogens with zero attached hydrogens (tertiary/aromatic N) is 2. The Morgan fingerprint density at radius 3 is 2.65 bits per heavy atom. The van der Waals surface area contributed by atoms with E-state index < -0.39 is 0 Å². The summed E-state index contributed by atoms with van der Waals surface area (Å²) in [7, 11) is 1.77. The molecule has 1 aromatic carbocycles. The van der Waals surface area contributed by atoms with Crippen molar-refractivity contribution in [3.63, 3.8) is 0 Å². The van der Waals surface area contributed by atoms with E-state index >= 15 is 0 Å². The van der Waals surface area contributed by atoms with Crippen molar-refractivity contribution in [2.24, 2.45) is 0 Å². The van der Waals surface area contributed by atoms with E-state index in [0.29, 0.717) is 17.4 Å². The van der Waals surface area contributed by atoms with Crippen LogP contribution < -0.4 is 0 Å². The summed E-state index contributed by atoms with van der Waals surface area (Å²) in [5.74, 6) is -0.132. The molecule has 0 aliphatic rings. The maximum absolute atomic E-state index is 12.3. The largest absolute Gasteiger partial charge is 0.336 e. The Morgan fingerprint density at radius 1 is 1.25 bits per heavy atom. The number of amides is 1. The summed E-state index contributed by atoms with van der Waals surface area (Å²) in [5, 5.41) is 0.329. The number of aryl methyl sites for hydroxylation is 2. The van der Waals surface area contributed by atoms with E-state index in [-0.39, 0.29) is 5.91 Å². The molecule has 0 radical (unpaired) electrons. The molecule has 104 valence electrons. The third-order valence-corrected chi connectivity index (χ3v) is 3.40. The van der Waals surface area contributed by atoms with Crippen molar-refractivity contribution in [1.29, 1.82) is 0 Å². The third kappa shape index (κ3) is 3.36. The lowest BCUT2D eigenvalue weighted by atomic mass is 10.1. The first-order valence-electron chi connectivity index (χ1n) is 6.41. The highest BCUT2D eigenvalue weighted by molar-refractivity contribution is 6.29. The van der Waals surface area contributed by atoms with Crippen LogP contribution in [0.25, 0.3) is 0 Å². The molecule has 0 atom stereocenters. The molecular formula is C16H17ClN2O. The molecule has 0 N–H and O–H groups in total. The molecule has 1 heterocycles. The average Bonchev–Trinajstić information content (AvgIpc) is 2.41. The lowest BCUT2D eigenvalue weighted by molar-refractivity contribution is 0.0779. The van der Waals surface area contributed by atoms with Crippen molar-refractivity contribution in [1.82, 2.24) is 9.88 Å². The fraction of sp³-hybridized carbons (Fsp3) is 0.250. The fourth-order valence-electron chi connectivity index (χ4n) is 2.07. The Morgan fingerprint density at radius 2 is 2.00 bits per heavy atom. The van der Waals surface area contributed by atoms with Gasteiger partial charge in [-0.1, -0.05) is 41.4 Å². The van der Waals surface area contributed by atoms with Crippen LogP contribution in [0.2, 0.25) is 5.15 Å². The van der Waals surface area contributed by atoms with Gasteiger partial charge in [-0.15, -0.1) is 0 Å². The van der Waals surface area contributed by atoms with Gasteiger partial charge in [-0.05, 0) is 37.1 Å². The van der Waals surface area contributed by atoms with E-state index in [0.717, 1.165) is 5.56 Å². The number of hydrogen-bond acceptors (Lipinski definition) is 2. The lowest BCUT2D eigenvalue weighted by Crippen LogP contribution is -2.27. The SMILES string of the molecule is Cc1ccc(CN(C)C(=O)c2cccc(Cl)n2)c(C)c1. The van der Waals surface area contributed by atoms with Crippen LogP contribution in [0, 0.1) is 13.8 Å². The van der Waals surface area contributed by atoms with Crippen molar-refractivity contribution in [3.05, 3.63) is 63.9 Å². The van der Waals surface area contributed by atoms with Gasteiger partial charge in [0.05, 0.1) is 0 Å². The van der Waals surface area contributed by atoms with E-state index in [9.17, 15) is 4.79 Å². The molecule has 0 unspecified atom stereocenters. The van der Waals surface area contributed by atoms with Gasteiger partial charge in [0, 0.05) is 13.6 Å². The minimum atomic E-state index is -0.132. The van der Waals surface area contributed by atoms with Crippen molar-refractivity contribution >= 4 is 17.5 Å². The fourth-order valence-corrected chi connectivity index (χ4v) is 2.24. The van der Waals surface area contributed by atoms with Gasteiger partial charge in [0.15, 0.2) is 0 Å². The maximum atomic E-state index is 12.3. The monoisotopic (exact) mass is 288 g/mol. The molecule has 0 saturated heterocycles. The van der Waals surface area contributed by atoms with Crippen molar-refractivity contribution in [2.45, 2.75) is 20.4 Å². The minimum Gasteiger partial charge on any atom is -0.336 e. The van der Waals surface area contributed by atoms with E-state index in [1.165, 1.54) is 11.1 Å². The van der Waals surface area contributed by atoms with E-state index in [1.54, 1.807) is 30.1 Å². The lowest BCUT2D eigenvalue weighted by Gasteiger charge is -2.18. The van der Waals surface area contributed by atoms with Crippen molar-refractivity contribution < 1.29 is 4.79 Å². The Balaban J connectivity index is 2.15. The number of hydrogen-bond donors (Lipinski definition) is 0. The number of rotatable bonds is 3. The molecular weight excluding hydrogens is 272 g/mol. The summed E-state index contributed by atoms with van der Waals surface area (Å²) >= 11 is 5.81. The Kier molecular flexibility index (Phi) is 4.40. The van der Waals surface area contributed by atoms with E-state index in [2.05, 4.69) is 37.0 Å².